The fourth-order valence-corrected chi connectivity index (χ4v) is 4.09. The molecule has 8 heteroatoms. The van der Waals surface area contributed by atoms with Gasteiger partial charge in [0.15, 0.2) is 0 Å². The molecule has 4 N–H and O–H groups in total. The molecule has 100 valence electrons. The highest BCUT2D eigenvalue weighted by Gasteiger charge is 2.21. The number of rotatable bonds is 5. The van der Waals surface area contributed by atoms with Crippen LogP contribution in [-0.2, 0) is 10.0 Å². The topological polar surface area (TPSA) is 101 Å². The number of carbonyl (C=O) groups excluding carboxylic acids is 1. The molecular formula is C10H15N3O3S2. The number of primary amides is 1. The first-order chi connectivity index (χ1) is 8.49. The molecule has 0 aromatic carbocycles. The lowest BCUT2D eigenvalue weighted by Gasteiger charge is -2.10. The van der Waals surface area contributed by atoms with E-state index in [0.717, 1.165) is 30.7 Å². The predicted octanol–water partition coefficient (Wildman–Crippen LogP) is -0.123. The van der Waals surface area contributed by atoms with Gasteiger partial charge in [-0.05, 0) is 25.5 Å². The van der Waals surface area contributed by atoms with Crippen LogP contribution in [0.1, 0.15) is 23.2 Å². The van der Waals surface area contributed by atoms with Gasteiger partial charge in [0.25, 0.3) is 0 Å². The second kappa shape index (κ2) is 5.35. The van der Waals surface area contributed by atoms with Crippen LogP contribution in [0.5, 0.6) is 0 Å². The lowest BCUT2D eigenvalue weighted by atomic mass is 10.2. The zero-order chi connectivity index (χ0) is 13.2. The van der Waals surface area contributed by atoms with Crippen LogP contribution in [0.3, 0.4) is 0 Å². The second-order valence-corrected chi connectivity index (χ2v) is 7.07. The molecule has 2 heterocycles. The third-order valence-electron chi connectivity index (χ3n) is 2.81. The van der Waals surface area contributed by atoms with Crippen molar-refractivity contribution in [1.82, 2.24) is 10.0 Å². The van der Waals surface area contributed by atoms with Crippen LogP contribution in [0.25, 0.3) is 0 Å². The first kappa shape index (κ1) is 13.5. The van der Waals surface area contributed by atoms with E-state index in [1.807, 2.05) is 0 Å². The Bertz CT molecular complexity index is 532. The zero-order valence-corrected chi connectivity index (χ0v) is 11.3. The Labute approximate surface area is 110 Å². The molecule has 1 aromatic heterocycles. The van der Waals surface area contributed by atoms with Crippen molar-refractivity contribution in [2.45, 2.75) is 23.1 Å². The summed E-state index contributed by atoms with van der Waals surface area (Å²) in [5.74, 6) is -0.620. The van der Waals surface area contributed by atoms with E-state index in [4.69, 9.17) is 5.73 Å². The van der Waals surface area contributed by atoms with E-state index in [1.54, 1.807) is 0 Å². The van der Waals surface area contributed by atoms with Gasteiger partial charge in [-0.3, -0.25) is 4.79 Å². The van der Waals surface area contributed by atoms with E-state index in [9.17, 15) is 13.2 Å². The maximum absolute atomic E-state index is 11.9. The highest BCUT2D eigenvalue weighted by Crippen LogP contribution is 2.19. The summed E-state index contributed by atoms with van der Waals surface area (Å²) < 4.78 is 26.5. The van der Waals surface area contributed by atoms with Gasteiger partial charge >= 0.3 is 0 Å². The summed E-state index contributed by atoms with van der Waals surface area (Å²) in [4.78, 5) is 10.9. The van der Waals surface area contributed by atoms with Gasteiger partial charge in [0, 0.05) is 18.0 Å². The summed E-state index contributed by atoms with van der Waals surface area (Å²) in [6.45, 7) is 1.29. The molecule has 0 unspecified atom stereocenters. The van der Waals surface area contributed by atoms with E-state index in [2.05, 4.69) is 10.0 Å². The molecule has 1 saturated heterocycles. The van der Waals surface area contributed by atoms with Gasteiger partial charge in [-0.25, -0.2) is 13.1 Å². The smallest absolute Gasteiger partial charge is 0.250 e. The summed E-state index contributed by atoms with van der Waals surface area (Å²) in [6, 6.07) is 1.49. The molecule has 2 rings (SSSR count). The molecule has 0 aliphatic carbocycles. The van der Waals surface area contributed by atoms with Gasteiger partial charge in [-0.2, -0.15) is 0 Å². The Morgan fingerprint density at radius 3 is 2.94 bits per heavy atom. The van der Waals surface area contributed by atoms with Crippen molar-refractivity contribution < 1.29 is 13.2 Å². The van der Waals surface area contributed by atoms with Crippen LogP contribution in [-0.4, -0.2) is 33.5 Å². The van der Waals surface area contributed by atoms with Gasteiger partial charge in [0.05, 0.1) is 5.56 Å². The molecule has 18 heavy (non-hydrogen) atoms. The Hall–Kier alpha value is -0.960. The monoisotopic (exact) mass is 289 g/mol. The van der Waals surface area contributed by atoms with Crippen molar-refractivity contribution in [1.29, 1.82) is 0 Å². The fraction of sp³-hybridized carbons (Fsp3) is 0.500. The van der Waals surface area contributed by atoms with Crippen molar-refractivity contribution in [3.8, 4) is 0 Å². The molecule has 0 radical (unpaired) electrons. The molecule has 1 amide bonds. The Kier molecular flexibility index (Phi) is 4.00. The second-order valence-electron chi connectivity index (χ2n) is 4.16. The minimum absolute atomic E-state index is 0.120. The number of carbonyl (C=O) groups is 1. The number of sulfonamides is 1. The Morgan fingerprint density at radius 2 is 2.39 bits per heavy atom. The SMILES string of the molecule is NC(=O)c1csc(S(=O)(=O)NC[C@H]2CCCN2)c1. The third-order valence-corrected chi connectivity index (χ3v) is 5.67. The molecule has 1 aliphatic heterocycles. The van der Waals surface area contributed by atoms with Crippen LogP contribution in [0.2, 0.25) is 0 Å². The molecule has 1 atom stereocenters. The maximum Gasteiger partial charge on any atom is 0.250 e. The van der Waals surface area contributed by atoms with Crippen LogP contribution in [0.15, 0.2) is 15.7 Å². The summed E-state index contributed by atoms with van der Waals surface area (Å²) in [5.41, 5.74) is 5.31. The van der Waals surface area contributed by atoms with Crippen LogP contribution < -0.4 is 15.8 Å². The molecule has 0 spiro atoms. The van der Waals surface area contributed by atoms with Crippen molar-refractivity contribution in [3.63, 3.8) is 0 Å². The summed E-state index contributed by atoms with van der Waals surface area (Å²) in [7, 11) is -3.54. The van der Waals surface area contributed by atoms with E-state index >= 15 is 0 Å². The number of hydrogen-bond acceptors (Lipinski definition) is 5. The highest BCUT2D eigenvalue weighted by atomic mass is 32.2. The van der Waals surface area contributed by atoms with E-state index in [-0.39, 0.29) is 15.8 Å². The average molecular weight is 289 g/mol. The van der Waals surface area contributed by atoms with Crippen LogP contribution in [0, 0.1) is 0 Å². The van der Waals surface area contributed by atoms with E-state index in [1.165, 1.54) is 11.4 Å². The van der Waals surface area contributed by atoms with Crippen LogP contribution >= 0.6 is 11.3 Å². The number of nitrogens with two attached hydrogens (primary N) is 1. The van der Waals surface area contributed by atoms with Crippen molar-refractivity contribution in [3.05, 3.63) is 17.0 Å². The Morgan fingerprint density at radius 1 is 1.61 bits per heavy atom. The highest BCUT2D eigenvalue weighted by molar-refractivity contribution is 7.91. The molecule has 1 fully saturated rings. The lowest BCUT2D eigenvalue weighted by molar-refractivity contribution is 0.100. The van der Waals surface area contributed by atoms with Crippen molar-refractivity contribution >= 4 is 27.3 Å². The average Bonchev–Trinajstić information content (AvgIpc) is 2.98. The van der Waals surface area contributed by atoms with Crippen molar-refractivity contribution in [2.75, 3.05) is 13.1 Å². The number of nitrogens with one attached hydrogen (secondary N) is 2. The summed E-state index contributed by atoms with van der Waals surface area (Å²) in [5, 5.41) is 4.66. The van der Waals surface area contributed by atoms with Gasteiger partial charge in [0.1, 0.15) is 4.21 Å². The zero-order valence-electron chi connectivity index (χ0n) is 9.68. The molecule has 1 aliphatic rings. The molecule has 6 nitrogen and oxygen atoms in total. The molecule has 0 bridgehead atoms. The lowest BCUT2D eigenvalue weighted by Crippen LogP contribution is -2.36. The van der Waals surface area contributed by atoms with Gasteiger partial charge in [-0.1, -0.05) is 0 Å². The third kappa shape index (κ3) is 3.08. The number of hydrogen-bond donors (Lipinski definition) is 3. The number of thiophene rings is 1. The largest absolute Gasteiger partial charge is 0.366 e. The number of amides is 1. The van der Waals surface area contributed by atoms with Gasteiger partial charge in [-0.15, -0.1) is 11.3 Å². The van der Waals surface area contributed by atoms with E-state index in [0.29, 0.717) is 6.54 Å². The van der Waals surface area contributed by atoms with Gasteiger partial charge < -0.3 is 11.1 Å². The fourth-order valence-electron chi connectivity index (χ4n) is 1.80. The maximum atomic E-state index is 11.9. The summed E-state index contributed by atoms with van der Waals surface area (Å²) in [6.07, 6.45) is 2.04. The van der Waals surface area contributed by atoms with Gasteiger partial charge in [0.2, 0.25) is 15.9 Å². The van der Waals surface area contributed by atoms with Crippen molar-refractivity contribution in [2.24, 2.45) is 5.73 Å². The normalized spacial score (nSPS) is 20.1. The van der Waals surface area contributed by atoms with E-state index < -0.39 is 15.9 Å². The minimum Gasteiger partial charge on any atom is -0.366 e. The quantitative estimate of drug-likeness (QED) is 0.703. The minimum atomic E-state index is -3.54. The summed E-state index contributed by atoms with van der Waals surface area (Å²) >= 11 is 0.996. The standard InChI is InChI=1S/C10H15N3O3S2/c11-10(14)7-4-9(17-6-7)18(15,16)13-5-8-2-1-3-12-8/h4,6,8,12-13H,1-3,5H2,(H2,11,14)/t8-/m1/s1. The molecular weight excluding hydrogens is 274 g/mol. The predicted molar refractivity (Wildman–Crippen MR) is 69.1 cm³/mol. The molecule has 1 aromatic rings. The Balaban J connectivity index is 2.02. The molecule has 0 saturated carbocycles. The first-order valence-electron chi connectivity index (χ1n) is 5.60. The van der Waals surface area contributed by atoms with Crippen LogP contribution in [0.4, 0.5) is 0 Å². The first-order valence-corrected chi connectivity index (χ1v) is 7.97.